The van der Waals surface area contributed by atoms with E-state index in [1.54, 1.807) is 6.20 Å². The van der Waals surface area contributed by atoms with Crippen molar-refractivity contribution in [2.45, 2.75) is 53.4 Å². The molecule has 0 unspecified atom stereocenters. The predicted molar refractivity (Wildman–Crippen MR) is 115 cm³/mol. The van der Waals surface area contributed by atoms with Crippen molar-refractivity contribution in [1.29, 1.82) is 0 Å². The molecule has 0 aliphatic carbocycles. The number of aromatic nitrogens is 3. The molecule has 28 heavy (non-hydrogen) atoms. The molecule has 0 bridgehead atoms. The summed E-state index contributed by atoms with van der Waals surface area (Å²) < 4.78 is 0. The van der Waals surface area contributed by atoms with Crippen LogP contribution in [0.25, 0.3) is 22.4 Å². The fourth-order valence-electron chi connectivity index (χ4n) is 3.47. The van der Waals surface area contributed by atoms with Gasteiger partial charge in [-0.05, 0) is 60.3 Å². The summed E-state index contributed by atoms with van der Waals surface area (Å²) in [5.74, 6) is 1.65. The normalized spacial score (nSPS) is 11.5. The summed E-state index contributed by atoms with van der Waals surface area (Å²) in [7, 11) is 0. The Kier molecular flexibility index (Phi) is 6.50. The first kappa shape index (κ1) is 20.1. The van der Waals surface area contributed by atoms with Gasteiger partial charge in [0.15, 0.2) is 0 Å². The van der Waals surface area contributed by atoms with Gasteiger partial charge in [0.05, 0.1) is 6.20 Å². The second-order valence-electron chi connectivity index (χ2n) is 8.42. The van der Waals surface area contributed by atoms with Gasteiger partial charge in [0.1, 0.15) is 11.4 Å². The van der Waals surface area contributed by atoms with Gasteiger partial charge in [0.2, 0.25) is 0 Å². The number of phenolic OH excluding ortho intramolecular Hbond substituents is 1. The number of phenols is 1. The number of aromatic amines is 1. The number of H-pyrrole nitrogens is 1. The summed E-state index contributed by atoms with van der Waals surface area (Å²) in [6, 6.07) is 12.4. The Bertz CT molecular complexity index is 898. The fourth-order valence-corrected chi connectivity index (χ4v) is 3.47. The highest BCUT2D eigenvalue weighted by atomic mass is 16.3. The molecule has 0 aliphatic heterocycles. The third kappa shape index (κ3) is 4.80. The number of hydrogen-bond acceptors (Lipinski definition) is 3. The van der Waals surface area contributed by atoms with Gasteiger partial charge in [0.25, 0.3) is 0 Å². The van der Waals surface area contributed by atoms with Crippen molar-refractivity contribution in [2.75, 3.05) is 0 Å². The monoisotopic (exact) mass is 377 g/mol. The summed E-state index contributed by atoms with van der Waals surface area (Å²) in [6.45, 7) is 8.95. The molecule has 4 heteroatoms. The molecule has 0 amide bonds. The number of aryl methyl sites for hydroxylation is 2. The minimum Gasteiger partial charge on any atom is -0.507 e. The van der Waals surface area contributed by atoms with E-state index in [-0.39, 0.29) is 0 Å². The van der Waals surface area contributed by atoms with Gasteiger partial charge in [-0.1, -0.05) is 58.0 Å². The van der Waals surface area contributed by atoms with Crippen molar-refractivity contribution in [2.24, 2.45) is 11.8 Å². The zero-order chi connectivity index (χ0) is 20.1. The summed E-state index contributed by atoms with van der Waals surface area (Å²) in [5.41, 5.74) is 5.97. The van der Waals surface area contributed by atoms with Crippen LogP contribution in [0, 0.1) is 11.8 Å². The third-order valence-electron chi connectivity index (χ3n) is 5.16. The van der Waals surface area contributed by atoms with Crippen LogP contribution in [0.4, 0.5) is 0 Å². The molecular formula is C24H31N3O. The van der Waals surface area contributed by atoms with Gasteiger partial charge in [-0.25, -0.2) is 0 Å². The summed E-state index contributed by atoms with van der Waals surface area (Å²) in [5, 5.41) is 22.0. The van der Waals surface area contributed by atoms with Gasteiger partial charge in [-0.2, -0.15) is 15.4 Å². The molecular weight excluding hydrogens is 346 g/mol. The number of hydrogen-bond donors (Lipinski definition) is 2. The van der Waals surface area contributed by atoms with Crippen LogP contribution < -0.4 is 0 Å². The van der Waals surface area contributed by atoms with Crippen LogP contribution in [0.2, 0.25) is 0 Å². The predicted octanol–water partition coefficient (Wildman–Crippen LogP) is 6.02. The summed E-state index contributed by atoms with van der Waals surface area (Å²) in [4.78, 5) is 0. The summed E-state index contributed by atoms with van der Waals surface area (Å²) in [6.07, 6.45) is 5.83. The van der Waals surface area contributed by atoms with E-state index in [1.807, 2.05) is 18.2 Å². The molecule has 2 N–H and O–H groups in total. The Morgan fingerprint density at radius 2 is 1.57 bits per heavy atom. The minimum atomic E-state index is 0.393. The zero-order valence-corrected chi connectivity index (χ0v) is 17.4. The van der Waals surface area contributed by atoms with Crippen molar-refractivity contribution in [1.82, 2.24) is 15.4 Å². The Morgan fingerprint density at radius 3 is 2.21 bits per heavy atom. The smallest absolute Gasteiger partial charge is 0.126 e. The van der Waals surface area contributed by atoms with Crippen molar-refractivity contribution in [3.63, 3.8) is 0 Å². The van der Waals surface area contributed by atoms with E-state index in [0.29, 0.717) is 17.6 Å². The molecule has 1 heterocycles. The van der Waals surface area contributed by atoms with Crippen molar-refractivity contribution < 1.29 is 5.11 Å². The molecule has 0 aliphatic rings. The molecule has 4 nitrogen and oxygen atoms in total. The van der Waals surface area contributed by atoms with E-state index in [4.69, 9.17) is 0 Å². The van der Waals surface area contributed by atoms with E-state index < -0.39 is 0 Å². The number of nitrogens with one attached hydrogen (secondary N) is 1. The lowest BCUT2D eigenvalue weighted by atomic mass is 9.90. The maximum Gasteiger partial charge on any atom is 0.126 e. The van der Waals surface area contributed by atoms with Crippen LogP contribution in [-0.2, 0) is 12.8 Å². The molecule has 0 spiro atoms. The molecule has 0 atom stereocenters. The number of benzene rings is 2. The molecule has 0 saturated heterocycles. The minimum absolute atomic E-state index is 0.393. The Labute approximate surface area is 168 Å². The second-order valence-corrected chi connectivity index (χ2v) is 8.42. The summed E-state index contributed by atoms with van der Waals surface area (Å²) >= 11 is 0. The Morgan fingerprint density at radius 1 is 0.893 bits per heavy atom. The second kappa shape index (κ2) is 9.05. The van der Waals surface area contributed by atoms with E-state index in [0.717, 1.165) is 53.6 Å². The number of nitrogens with zero attached hydrogens (tertiary/aromatic N) is 2. The molecule has 0 saturated carbocycles. The molecule has 148 valence electrons. The van der Waals surface area contributed by atoms with E-state index in [2.05, 4.69) is 61.3 Å². The molecule has 0 fully saturated rings. The SMILES string of the molecule is CC(C)CCc1cc(CCC(C)C)c(O)c(-c2ccccc2-c2cn[nH]n2)c1. The highest BCUT2D eigenvalue weighted by Crippen LogP contribution is 2.39. The number of rotatable bonds is 8. The average Bonchev–Trinajstić information content (AvgIpc) is 3.20. The zero-order valence-electron chi connectivity index (χ0n) is 17.4. The lowest BCUT2D eigenvalue weighted by Gasteiger charge is -2.16. The van der Waals surface area contributed by atoms with Gasteiger partial charge < -0.3 is 5.11 Å². The largest absolute Gasteiger partial charge is 0.507 e. The fraction of sp³-hybridized carbons (Fsp3) is 0.417. The first-order valence-electron chi connectivity index (χ1n) is 10.3. The van der Waals surface area contributed by atoms with E-state index >= 15 is 0 Å². The van der Waals surface area contributed by atoms with Crippen LogP contribution in [0.1, 0.15) is 51.7 Å². The molecule has 2 aromatic carbocycles. The van der Waals surface area contributed by atoms with Crippen molar-refractivity contribution in [3.05, 3.63) is 53.7 Å². The lowest BCUT2D eigenvalue weighted by Crippen LogP contribution is -1.99. The first-order chi connectivity index (χ1) is 13.5. The average molecular weight is 378 g/mol. The molecule has 3 aromatic rings. The van der Waals surface area contributed by atoms with E-state index in [1.165, 1.54) is 5.56 Å². The lowest BCUT2D eigenvalue weighted by molar-refractivity contribution is 0.465. The van der Waals surface area contributed by atoms with E-state index in [9.17, 15) is 5.11 Å². The van der Waals surface area contributed by atoms with Gasteiger partial charge in [-0.15, -0.1) is 0 Å². The van der Waals surface area contributed by atoms with Gasteiger partial charge >= 0.3 is 0 Å². The molecule has 0 radical (unpaired) electrons. The first-order valence-corrected chi connectivity index (χ1v) is 10.3. The highest BCUT2D eigenvalue weighted by molar-refractivity contribution is 5.85. The molecule has 1 aromatic heterocycles. The van der Waals surface area contributed by atoms with Gasteiger partial charge in [-0.3, -0.25) is 0 Å². The van der Waals surface area contributed by atoms with Crippen LogP contribution in [-0.4, -0.2) is 20.5 Å². The maximum atomic E-state index is 11.1. The maximum absolute atomic E-state index is 11.1. The van der Waals surface area contributed by atoms with Crippen molar-refractivity contribution in [3.8, 4) is 28.1 Å². The van der Waals surface area contributed by atoms with Crippen LogP contribution >= 0.6 is 0 Å². The van der Waals surface area contributed by atoms with Crippen LogP contribution in [0.5, 0.6) is 5.75 Å². The Hall–Kier alpha value is -2.62. The topological polar surface area (TPSA) is 61.8 Å². The highest BCUT2D eigenvalue weighted by Gasteiger charge is 2.17. The van der Waals surface area contributed by atoms with Crippen molar-refractivity contribution >= 4 is 0 Å². The third-order valence-corrected chi connectivity index (χ3v) is 5.16. The molecule has 3 rings (SSSR count). The quantitative estimate of drug-likeness (QED) is 0.504. The standard InChI is InChI=1S/C24H31N3O/c1-16(2)9-11-18-13-19(12-10-17(3)4)24(28)22(14-18)20-7-5-6-8-21(20)23-15-25-27-26-23/h5-8,13-17,28H,9-12H2,1-4H3,(H,25,26,27). The van der Waals surface area contributed by atoms with Gasteiger partial charge in [0, 0.05) is 11.1 Å². The van der Waals surface area contributed by atoms with Crippen LogP contribution in [0.3, 0.4) is 0 Å². The Balaban J connectivity index is 2.09. The number of aromatic hydroxyl groups is 1. The van der Waals surface area contributed by atoms with Crippen LogP contribution in [0.15, 0.2) is 42.6 Å².